The second-order valence-electron chi connectivity index (χ2n) is 4.56. The van der Waals surface area contributed by atoms with E-state index in [2.05, 4.69) is 10.0 Å². The van der Waals surface area contributed by atoms with Crippen LogP contribution in [0.4, 0.5) is 4.39 Å². The fourth-order valence-electron chi connectivity index (χ4n) is 1.69. The molecule has 1 heterocycles. The van der Waals surface area contributed by atoms with Gasteiger partial charge in [0, 0.05) is 17.0 Å². The zero-order valence-electron chi connectivity index (χ0n) is 11.8. The lowest BCUT2D eigenvalue weighted by atomic mass is 10.2. The number of nitrogens with one attached hydrogen (secondary N) is 2. The fourth-order valence-corrected chi connectivity index (χ4v) is 4.00. The van der Waals surface area contributed by atoms with Crippen molar-refractivity contribution in [2.75, 3.05) is 6.54 Å². The van der Waals surface area contributed by atoms with E-state index in [9.17, 15) is 17.6 Å². The van der Waals surface area contributed by atoms with Gasteiger partial charge in [-0.1, -0.05) is 18.2 Å². The summed E-state index contributed by atoms with van der Waals surface area (Å²) in [6.07, 6.45) is 0. The van der Waals surface area contributed by atoms with Gasteiger partial charge in [0.15, 0.2) is 0 Å². The molecule has 5 nitrogen and oxygen atoms in total. The first-order valence-corrected chi connectivity index (χ1v) is 8.74. The number of amides is 1. The van der Waals surface area contributed by atoms with Crippen LogP contribution in [0.5, 0.6) is 0 Å². The predicted octanol–water partition coefficient (Wildman–Crippen LogP) is 1.79. The van der Waals surface area contributed by atoms with Gasteiger partial charge in [0.2, 0.25) is 5.91 Å². The molecular weight excluding hydrogens is 327 g/mol. The monoisotopic (exact) mass is 342 g/mol. The first-order valence-electron chi connectivity index (χ1n) is 6.45. The van der Waals surface area contributed by atoms with Crippen LogP contribution in [0.25, 0.3) is 0 Å². The van der Waals surface area contributed by atoms with E-state index in [4.69, 9.17) is 0 Å². The molecular formula is C14H15FN2O3S2. The number of benzene rings is 1. The van der Waals surface area contributed by atoms with Crippen LogP contribution >= 0.6 is 11.3 Å². The molecule has 0 aliphatic carbocycles. The van der Waals surface area contributed by atoms with E-state index < -0.39 is 28.3 Å². The van der Waals surface area contributed by atoms with E-state index in [1.54, 1.807) is 31.2 Å². The summed E-state index contributed by atoms with van der Waals surface area (Å²) in [4.78, 5) is 12.5. The van der Waals surface area contributed by atoms with Gasteiger partial charge in [-0.25, -0.2) is 17.5 Å². The lowest BCUT2D eigenvalue weighted by molar-refractivity contribution is -0.120. The maximum absolute atomic E-state index is 13.4. The molecule has 0 fully saturated rings. The largest absolute Gasteiger partial charge is 0.351 e. The number of carbonyl (C=O) groups excluding carboxylic acids is 1. The van der Waals surface area contributed by atoms with E-state index >= 15 is 0 Å². The van der Waals surface area contributed by atoms with Crippen molar-refractivity contribution >= 4 is 27.3 Å². The van der Waals surface area contributed by atoms with Gasteiger partial charge in [-0.3, -0.25) is 4.79 Å². The number of carbonyl (C=O) groups is 1. The number of aryl methyl sites for hydroxylation is 1. The molecule has 0 bridgehead atoms. The molecule has 0 unspecified atom stereocenters. The molecule has 0 spiro atoms. The third-order valence-electron chi connectivity index (χ3n) is 2.84. The van der Waals surface area contributed by atoms with Crippen molar-refractivity contribution in [1.82, 2.24) is 10.0 Å². The van der Waals surface area contributed by atoms with Crippen LogP contribution in [0, 0.1) is 12.7 Å². The van der Waals surface area contributed by atoms with Crippen molar-refractivity contribution < 1.29 is 17.6 Å². The minimum Gasteiger partial charge on any atom is -0.351 e. The van der Waals surface area contributed by atoms with Crippen molar-refractivity contribution in [2.45, 2.75) is 17.7 Å². The Balaban J connectivity index is 1.87. The van der Waals surface area contributed by atoms with Crippen LogP contribution in [0.2, 0.25) is 0 Å². The third kappa shape index (κ3) is 4.36. The number of thiophene rings is 1. The molecule has 8 heteroatoms. The van der Waals surface area contributed by atoms with E-state index in [1.807, 2.05) is 0 Å². The molecule has 0 radical (unpaired) electrons. The lowest BCUT2D eigenvalue weighted by Gasteiger charge is -2.07. The minimum absolute atomic E-state index is 0.00530. The summed E-state index contributed by atoms with van der Waals surface area (Å²) in [6.45, 7) is 1.41. The summed E-state index contributed by atoms with van der Waals surface area (Å²) in [6, 6.07) is 9.23. The Hall–Kier alpha value is -1.77. The molecule has 2 N–H and O–H groups in total. The number of hydrogen-bond acceptors (Lipinski definition) is 4. The second kappa shape index (κ2) is 6.99. The van der Waals surface area contributed by atoms with Gasteiger partial charge in [-0.05, 0) is 25.1 Å². The minimum atomic E-state index is -3.69. The van der Waals surface area contributed by atoms with Crippen LogP contribution < -0.4 is 10.0 Å². The van der Waals surface area contributed by atoms with Crippen LogP contribution in [0.1, 0.15) is 10.4 Å². The number of sulfonamides is 1. The molecule has 0 saturated carbocycles. The Morgan fingerprint density at radius 3 is 2.59 bits per heavy atom. The number of rotatable bonds is 6. The Morgan fingerprint density at radius 1 is 1.23 bits per heavy atom. The highest BCUT2D eigenvalue weighted by Gasteiger charge is 2.17. The van der Waals surface area contributed by atoms with Crippen molar-refractivity contribution in [2.24, 2.45) is 0 Å². The molecule has 1 amide bonds. The Bertz CT molecular complexity index is 772. The summed E-state index contributed by atoms with van der Waals surface area (Å²) >= 11 is 1.13. The highest BCUT2D eigenvalue weighted by atomic mass is 32.2. The summed E-state index contributed by atoms with van der Waals surface area (Å²) in [5.74, 6) is -0.947. The molecule has 2 rings (SSSR count). The summed E-state index contributed by atoms with van der Waals surface area (Å²) in [5.41, 5.74) is 0.340. The fraction of sp³-hybridized carbons (Fsp3) is 0.214. The van der Waals surface area contributed by atoms with Crippen molar-refractivity contribution in [3.05, 3.63) is 52.7 Å². The van der Waals surface area contributed by atoms with Crippen molar-refractivity contribution in [3.63, 3.8) is 0 Å². The van der Waals surface area contributed by atoms with Gasteiger partial charge in [0.05, 0.1) is 6.54 Å². The summed E-state index contributed by atoms with van der Waals surface area (Å²) < 4.78 is 39.6. The predicted molar refractivity (Wildman–Crippen MR) is 82.5 cm³/mol. The normalized spacial score (nSPS) is 11.4. The van der Waals surface area contributed by atoms with Gasteiger partial charge in [-0.2, -0.15) is 0 Å². The molecule has 0 saturated heterocycles. The van der Waals surface area contributed by atoms with Crippen LogP contribution in [-0.2, 0) is 21.4 Å². The van der Waals surface area contributed by atoms with Crippen LogP contribution in [0.15, 0.2) is 40.6 Å². The zero-order chi connectivity index (χ0) is 16.2. The molecule has 2 aromatic rings. The quantitative estimate of drug-likeness (QED) is 0.840. The lowest BCUT2D eigenvalue weighted by Crippen LogP contribution is -2.36. The molecule has 22 heavy (non-hydrogen) atoms. The molecule has 1 aromatic heterocycles. The van der Waals surface area contributed by atoms with Crippen molar-refractivity contribution in [1.29, 1.82) is 0 Å². The highest BCUT2D eigenvalue weighted by Crippen LogP contribution is 2.19. The van der Waals surface area contributed by atoms with Crippen molar-refractivity contribution in [3.8, 4) is 0 Å². The van der Waals surface area contributed by atoms with E-state index in [0.29, 0.717) is 5.56 Å². The molecule has 118 valence electrons. The molecule has 0 atom stereocenters. The SMILES string of the molecule is Cc1ccc(S(=O)(=O)NCC(=O)NCc2ccccc2F)s1. The maximum Gasteiger partial charge on any atom is 0.250 e. The standard InChI is InChI=1S/C14H15FN2O3S2/c1-10-6-7-14(21-10)22(19,20)17-9-13(18)16-8-11-4-2-3-5-12(11)15/h2-7,17H,8-9H2,1H3,(H,16,18). The Labute approximate surface area is 132 Å². The summed E-state index contributed by atoms with van der Waals surface area (Å²) in [5, 5.41) is 2.47. The smallest absolute Gasteiger partial charge is 0.250 e. The van der Waals surface area contributed by atoms with Gasteiger partial charge in [0.1, 0.15) is 10.0 Å². The first-order chi connectivity index (χ1) is 10.4. The number of halogens is 1. The molecule has 1 aromatic carbocycles. The zero-order valence-corrected chi connectivity index (χ0v) is 13.4. The first kappa shape index (κ1) is 16.6. The van der Waals surface area contributed by atoms with Gasteiger partial charge in [0.25, 0.3) is 10.0 Å². The van der Waals surface area contributed by atoms with Crippen LogP contribution in [-0.4, -0.2) is 20.9 Å². The molecule has 0 aliphatic rings. The number of hydrogen-bond donors (Lipinski definition) is 2. The van der Waals surface area contributed by atoms with Gasteiger partial charge >= 0.3 is 0 Å². The maximum atomic E-state index is 13.4. The van der Waals surface area contributed by atoms with Crippen LogP contribution in [0.3, 0.4) is 0 Å². The Morgan fingerprint density at radius 2 is 1.95 bits per heavy atom. The highest BCUT2D eigenvalue weighted by molar-refractivity contribution is 7.91. The Kier molecular flexibility index (Phi) is 5.28. The average Bonchev–Trinajstić information content (AvgIpc) is 2.92. The molecule has 0 aliphatic heterocycles. The third-order valence-corrected chi connectivity index (χ3v) is 5.73. The summed E-state index contributed by atoms with van der Waals surface area (Å²) in [7, 11) is -3.69. The van der Waals surface area contributed by atoms with Gasteiger partial charge < -0.3 is 5.32 Å². The average molecular weight is 342 g/mol. The van der Waals surface area contributed by atoms with Gasteiger partial charge in [-0.15, -0.1) is 11.3 Å². The second-order valence-corrected chi connectivity index (χ2v) is 7.84. The van der Waals surface area contributed by atoms with E-state index in [1.165, 1.54) is 12.1 Å². The van der Waals surface area contributed by atoms with E-state index in [-0.39, 0.29) is 10.8 Å². The topological polar surface area (TPSA) is 75.3 Å². The van der Waals surface area contributed by atoms with E-state index in [0.717, 1.165) is 16.2 Å².